The Balaban J connectivity index is 2.18. The van der Waals surface area contributed by atoms with Crippen molar-refractivity contribution in [2.75, 3.05) is 0 Å². The number of benzene rings is 1. The van der Waals surface area contributed by atoms with Crippen molar-refractivity contribution < 1.29 is 4.39 Å². The zero-order valence-electron chi connectivity index (χ0n) is 9.53. The molecule has 0 amide bonds. The van der Waals surface area contributed by atoms with Crippen molar-refractivity contribution in [2.24, 2.45) is 0 Å². The topological polar surface area (TPSA) is 56.5 Å². The maximum atomic E-state index is 14.0. The van der Waals surface area contributed by atoms with Crippen LogP contribution in [0.2, 0.25) is 5.02 Å². The summed E-state index contributed by atoms with van der Waals surface area (Å²) in [7, 11) is 0. The largest absolute Gasteiger partial charge is 0.277 e. The van der Waals surface area contributed by atoms with Gasteiger partial charge in [0.2, 0.25) is 0 Å². The van der Waals surface area contributed by atoms with Crippen LogP contribution in [0.4, 0.5) is 4.39 Å². The van der Waals surface area contributed by atoms with Gasteiger partial charge in [-0.1, -0.05) is 17.7 Å². The molecule has 0 bridgehead atoms. The molecule has 1 aromatic carbocycles. The molecular formula is C12H7ClFN5. The lowest BCUT2D eigenvalue weighted by molar-refractivity contribution is 0.619. The zero-order chi connectivity index (χ0) is 13.2. The van der Waals surface area contributed by atoms with Crippen LogP contribution in [0.5, 0.6) is 0 Å². The van der Waals surface area contributed by atoms with E-state index in [1.807, 2.05) is 0 Å². The van der Waals surface area contributed by atoms with Crippen LogP contribution in [-0.4, -0.2) is 24.7 Å². The monoisotopic (exact) mass is 275 g/mol. The molecule has 0 spiro atoms. The van der Waals surface area contributed by atoms with Crippen LogP contribution in [0.3, 0.4) is 0 Å². The molecule has 0 aliphatic carbocycles. The summed E-state index contributed by atoms with van der Waals surface area (Å²) in [6.07, 6.45) is 6.01. The third kappa shape index (κ3) is 2.06. The van der Waals surface area contributed by atoms with E-state index >= 15 is 0 Å². The second-order valence-corrected chi connectivity index (χ2v) is 4.10. The van der Waals surface area contributed by atoms with E-state index in [4.69, 9.17) is 11.6 Å². The fourth-order valence-corrected chi connectivity index (χ4v) is 1.85. The minimum atomic E-state index is -0.533. The minimum Gasteiger partial charge on any atom is -0.277 e. The van der Waals surface area contributed by atoms with E-state index in [0.717, 1.165) is 0 Å². The van der Waals surface area contributed by atoms with E-state index in [-0.39, 0.29) is 10.7 Å². The molecule has 0 aliphatic rings. The first kappa shape index (κ1) is 11.7. The summed E-state index contributed by atoms with van der Waals surface area (Å²) in [4.78, 5) is 8.07. The van der Waals surface area contributed by atoms with Crippen molar-refractivity contribution >= 4 is 11.6 Å². The molecule has 5 nitrogen and oxygen atoms in total. The van der Waals surface area contributed by atoms with E-state index in [1.54, 1.807) is 18.3 Å². The summed E-state index contributed by atoms with van der Waals surface area (Å²) in [5, 5.41) is 7.75. The normalized spacial score (nSPS) is 10.6. The predicted octanol–water partition coefficient (Wildman–Crippen LogP) is 2.52. The van der Waals surface area contributed by atoms with Gasteiger partial charge in [0.25, 0.3) is 0 Å². The molecule has 0 unspecified atom stereocenters. The summed E-state index contributed by atoms with van der Waals surface area (Å²) in [5.41, 5.74) is 0.762. The Kier molecular flexibility index (Phi) is 2.92. The standard InChI is InChI=1S/C12H7ClFN5/c13-8-2-1-3-10(11(8)14)19-7-17-18-12(19)9-6-15-4-5-16-9/h1-7H. The maximum absolute atomic E-state index is 14.0. The van der Waals surface area contributed by atoms with Gasteiger partial charge >= 0.3 is 0 Å². The summed E-state index contributed by atoms with van der Waals surface area (Å²) < 4.78 is 15.5. The fraction of sp³-hybridized carbons (Fsp3) is 0. The van der Waals surface area contributed by atoms with Gasteiger partial charge in [0.05, 0.1) is 16.9 Å². The van der Waals surface area contributed by atoms with Crippen molar-refractivity contribution in [1.82, 2.24) is 24.7 Å². The number of nitrogens with zero attached hydrogens (tertiary/aromatic N) is 5. The quantitative estimate of drug-likeness (QED) is 0.721. The van der Waals surface area contributed by atoms with Gasteiger partial charge < -0.3 is 0 Å². The van der Waals surface area contributed by atoms with Gasteiger partial charge in [-0.05, 0) is 12.1 Å². The lowest BCUT2D eigenvalue weighted by atomic mass is 10.3. The Morgan fingerprint density at radius 3 is 2.89 bits per heavy atom. The van der Waals surface area contributed by atoms with E-state index in [9.17, 15) is 4.39 Å². The molecule has 0 aliphatic heterocycles. The number of hydrogen-bond donors (Lipinski definition) is 0. The molecular weight excluding hydrogens is 269 g/mol. The van der Waals surface area contributed by atoms with Gasteiger partial charge in [-0.25, -0.2) is 9.37 Å². The third-order valence-electron chi connectivity index (χ3n) is 2.53. The Labute approximate surface area is 112 Å². The van der Waals surface area contributed by atoms with E-state index in [1.165, 1.54) is 29.4 Å². The fourth-order valence-electron chi connectivity index (χ4n) is 1.68. The summed E-state index contributed by atoms with van der Waals surface area (Å²) >= 11 is 5.77. The highest BCUT2D eigenvalue weighted by Gasteiger charge is 2.14. The molecule has 0 saturated carbocycles. The summed E-state index contributed by atoms with van der Waals surface area (Å²) in [5.74, 6) is -0.136. The number of rotatable bonds is 2. The first-order valence-electron chi connectivity index (χ1n) is 5.38. The Bertz CT molecular complexity index is 713. The summed E-state index contributed by atoms with van der Waals surface area (Å²) in [6.45, 7) is 0. The van der Waals surface area contributed by atoms with Crippen molar-refractivity contribution in [3.05, 3.63) is 54.0 Å². The van der Waals surface area contributed by atoms with Crippen molar-refractivity contribution in [2.45, 2.75) is 0 Å². The van der Waals surface area contributed by atoms with Crippen LogP contribution in [0.15, 0.2) is 43.1 Å². The van der Waals surface area contributed by atoms with Crippen LogP contribution in [-0.2, 0) is 0 Å². The second-order valence-electron chi connectivity index (χ2n) is 3.69. The van der Waals surface area contributed by atoms with Gasteiger partial charge in [-0.2, -0.15) is 0 Å². The highest BCUT2D eigenvalue weighted by Crippen LogP contribution is 2.24. The van der Waals surface area contributed by atoms with Gasteiger partial charge in [-0.15, -0.1) is 10.2 Å². The molecule has 0 radical (unpaired) electrons. The van der Waals surface area contributed by atoms with Gasteiger partial charge in [0.15, 0.2) is 11.6 Å². The van der Waals surface area contributed by atoms with Gasteiger partial charge in [0, 0.05) is 12.4 Å². The SMILES string of the molecule is Fc1c(Cl)cccc1-n1cnnc1-c1cnccn1. The van der Waals surface area contributed by atoms with E-state index in [0.29, 0.717) is 11.5 Å². The molecule has 7 heteroatoms. The molecule has 2 heterocycles. The predicted molar refractivity (Wildman–Crippen MR) is 67.4 cm³/mol. The van der Waals surface area contributed by atoms with Crippen molar-refractivity contribution in [1.29, 1.82) is 0 Å². The Morgan fingerprint density at radius 2 is 2.11 bits per heavy atom. The van der Waals surface area contributed by atoms with Crippen LogP contribution < -0.4 is 0 Å². The molecule has 2 aromatic heterocycles. The minimum absolute atomic E-state index is 0.0382. The highest BCUT2D eigenvalue weighted by atomic mass is 35.5. The lowest BCUT2D eigenvalue weighted by Crippen LogP contribution is -2.01. The van der Waals surface area contributed by atoms with Crippen LogP contribution >= 0.6 is 11.6 Å². The first-order chi connectivity index (χ1) is 9.27. The highest BCUT2D eigenvalue weighted by molar-refractivity contribution is 6.30. The zero-order valence-corrected chi connectivity index (χ0v) is 10.3. The third-order valence-corrected chi connectivity index (χ3v) is 2.82. The molecule has 19 heavy (non-hydrogen) atoms. The summed E-state index contributed by atoms with van der Waals surface area (Å²) in [6, 6.07) is 4.72. The van der Waals surface area contributed by atoms with E-state index < -0.39 is 5.82 Å². The lowest BCUT2D eigenvalue weighted by Gasteiger charge is -2.07. The maximum Gasteiger partial charge on any atom is 0.188 e. The van der Waals surface area contributed by atoms with Crippen LogP contribution in [0, 0.1) is 5.82 Å². The molecule has 94 valence electrons. The molecule has 3 aromatic rings. The molecule has 0 fully saturated rings. The second kappa shape index (κ2) is 4.74. The number of halogens is 2. The smallest absolute Gasteiger partial charge is 0.188 e. The first-order valence-corrected chi connectivity index (χ1v) is 5.76. The van der Waals surface area contributed by atoms with Crippen molar-refractivity contribution in [3.63, 3.8) is 0 Å². The van der Waals surface area contributed by atoms with Crippen molar-refractivity contribution in [3.8, 4) is 17.2 Å². The molecule has 3 rings (SSSR count). The van der Waals surface area contributed by atoms with Crippen LogP contribution in [0.25, 0.3) is 17.2 Å². The number of hydrogen-bond acceptors (Lipinski definition) is 4. The Morgan fingerprint density at radius 1 is 1.21 bits per heavy atom. The molecule has 0 atom stereocenters. The van der Waals surface area contributed by atoms with Gasteiger partial charge in [-0.3, -0.25) is 9.55 Å². The number of aromatic nitrogens is 5. The molecule has 0 N–H and O–H groups in total. The average molecular weight is 276 g/mol. The van der Waals surface area contributed by atoms with E-state index in [2.05, 4.69) is 20.2 Å². The molecule has 0 saturated heterocycles. The average Bonchev–Trinajstić information content (AvgIpc) is 2.92. The Hall–Kier alpha value is -2.34. The van der Waals surface area contributed by atoms with Crippen LogP contribution in [0.1, 0.15) is 0 Å². The van der Waals surface area contributed by atoms with Gasteiger partial charge in [0.1, 0.15) is 12.0 Å².